The lowest BCUT2D eigenvalue weighted by Crippen LogP contribution is -2.25. The minimum atomic E-state index is -0.142. The number of benzene rings is 2. The number of nitrogens with zero attached hydrogens (tertiary/aromatic N) is 2. The third-order valence-electron chi connectivity index (χ3n) is 4.90. The Kier molecular flexibility index (Phi) is 5.44. The summed E-state index contributed by atoms with van der Waals surface area (Å²) in [6.45, 7) is 0.0614. The first-order chi connectivity index (χ1) is 14.2. The van der Waals surface area contributed by atoms with Gasteiger partial charge in [0.05, 0.1) is 24.1 Å². The highest BCUT2D eigenvalue weighted by molar-refractivity contribution is 5.79. The fourth-order valence-electron chi connectivity index (χ4n) is 3.25. The van der Waals surface area contributed by atoms with Crippen molar-refractivity contribution in [3.8, 4) is 17.1 Å². The summed E-state index contributed by atoms with van der Waals surface area (Å²) in [5, 5.41) is 0.556. The Morgan fingerprint density at radius 1 is 1.10 bits per heavy atom. The van der Waals surface area contributed by atoms with E-state index in [9.17, 15) is 4.79 Å². The van der Waals surface area contributed by atoms with E-state index in [4.69, 9.17) is 19.2 Å². The van der Waals surface area contributed by atoms with E-state index >= 15 is 0 Å². The van der Waals surface area contributed by atoms with Gasteiger partial charge >= 0.3 is 0 Å². The molecule has 0 aliphatic heterocycles. The van der Waals surface area contributed by atoms with Gasteiger partial charge in [0.25, 0.3) is 5.56 Å². The zero-order valence-corrected chi connectivity index (χ0v) is 16.4. The second-order valence-corrected chi connectivity index (χ2v) is 6.66. The lowest BCUT2D eigenvalue weighted by atomic mass is 10.1. The van der Waals surface area contributed by atoms with E-state index in [2.05, 4.69) is 0 Å². The van der Waals surface area contributed by atoms with Crippen LogP contribution < -0.4 is 10.3 Å². The van der Waals surface area contributed by atoms with Crippen LogP contribution in [-0.2, 0) is 16.2 Å². The number of fused-ring (bicyclic) bond motifs is 1. The van der Waals surface area contributed by atoms with Gasteiger partial charge in [-0.3, -0.25) is 9.36 Å². The molecule has 1 aliphatic rings. The van der Waals surface area contributed by atoms with Crippen LogP contribution in [-0.4, -0.2) is 29.9 Å². The number of para-hydroxylation sites is 1. The first-order valence-electron chi connectivity index (χ1n) is 9.37. The summed E-state index contributed by atoms with van der Waals surface area (Å²) in [6.07, 6.45) is 6.56. The predicted octanol–water partition coefficient (Wildman–Crippen LogP) is 3.91. The molecule has 4 rings (SSSR count). The number of hydrogen-bond acceptors (Lipinski definition) is 5. The molecule has 0 amide bonds. The fourth-order valence-corrected chi connectivity index (χ4v) is 3.25. The van der Waals surface area contributed by atoms with Crippen LogP contribution >= 0.6 is 0 Å². The summed E-state index contributed by atoms with van der Waals surface area (Å²) in [5.41, 5.74) is 1.32. The van der Waals surface area contributed by atoms with Crippen LogP contribution in [0.2, 0.25) is 0 Å². The Morgan fingerprint density at radius 2 is 1.90 bits per heavy atom. The summed E-state index contributed by atoms with van der Waals surface area (Å²) in [7, 11) is 3.29. The smallest absolute Gasteiger partial charge is 0.264 e. The lowest BCUT2D eigenvalue weighted by molar-refractivity contribution is 0.127. The van der Waals surface area contributed by atoms with Crippen molar-refractivity contribution in [2.24, 2.45) is 0 Å². The maximum absolute atomic E-state index is 13.2. The van der Waals surface area contributed by atoms with Crippen LogP contribution in [0.3, 0.4) is 0 Å². The molecular weight excluding hydrogens is 368 g/mol. The third kappa shape index (κ3) is 3.93. The Morgan fingerprint density at radius 3 is 2.59 bits per heavy atom. The molecule has 6 heteroatoms. The zero-order chi connectivity index (χ0) is 20.2. The van der Waals surface area contributed by atoms with Crippen molar-refractivity contribution in [3.05, 3.63) is 82.9 Å². The highest BCUT2D eigenvalue weighted by atomic mass is 16.5. The average molecular weight is 390 g/mol. The Balaban J connectivity index is 1.72. The Bertz CT molecular complexity index is 1130. The number of rotatable bonds is 6. The van der Waals surface area contributed by atoms with Crippen molar-refractivity contribution in [1.82, 2.24) is 9.55 Å². The van der Waals surface area contributed by atoms with E-state index < -0.39 is 0 Å². The van der Waals surface area contributed by atoms with Crippen LogP contribution in [0, 0.1) is 0 Å². The molecule has 0 bridgehead atoms. The second-order valence-electron chi connectivity index (χ2n) is 6.66. The highest BCUT2D eigenvalue weighted by Gasteiger charge is 2.14. The number of allylic oxidation sites excluding steroid dienone is 1. The van der Waals surface area contributed by atoms with Crippen molar-refractivity contribution in [3.63, 3.8) is 0 Å². The molecule has 3 aromatic rings. The largest absolute Gasteiger partial charge is 0.497 e. The maximum atomic E-state index is 13.2. The van der Waals surface area contributed by atoms with Crippen molar-refractivity contribution < 1.29 is 14.2 Å². The van der Waals surface area contributed by atoms with Gasteiger partial charge in [-0.05, 0) is 55.0 Å². The molecule has 0 saturated heterocycles. The Hall–Kier alpha value is -3.38. The molecule has 0 saturated carbocycles. The summed E-state index contributed by atoms with van der Waals surface area (Å²) in [6, 6.07) is 14.8. The van der Waals surface area contributed by atoms with Gasteiger partial charge in [-0.25, -0.2) is 4.98 Å². The number of methoxy groups -OCH3 is 2. The quantitative estimate of drug-likeness (QED) is 0.639. The second kappa shape index (κ2) is 8.32. The van der Waals surface area contributed by atoms with E-state index in [0.717, 1.165) is 17.7 Å². The van der Waals surface area contributed by atoms with Crippen molar-refractivity contribution in [2.75, 3.05) is 14.2 Å². The van der Waals surface area contributed by atoms with Crippen LogP contribution in [0.4, 0.5) is 0 Å². The number of ether oxygens (including phenoxy) is 3. The predicted molar refractivity (Wildman–Crippen MR) is 112 cm³/mol. The van der Waals surface area contributed by atoms with Gasteiger partial charge in [0.1, 0.15) is 17.3 Å². The van der Waals surface area contributed by atoms with Crippen LogP contribution in [0.25, 0.3) is 22.3 Å². The molecule has 0 fully saturated rings. The van der Waals surface area contributed by atoms with Crippen LogP contribution in [0.1, 0.15) is 6.42 Å². The molecular formula is C23H22N2O4. The normalized spacial score (nSPS) is 15.9. The summed E-state index contributed by atoms with van der Waals surface area (Å²) >= 11 is 0. The third-order valence-corrected chi connectivity index (χ3v) is 4.90. The first kappa shape index (κ1) is 19.0. The van der Waals surface area contributed by atoms with E-state index in [0.29, 0.717) is 22.5 Å². The molecule has 6 nitrogen and oxygen atoms in total. The van der Waals surface area contributed by atoms with Crippen molar-refractivity contribution >= 4 is 10.9 Å². The molecule has 0 radical (unpaired) electrons. The van der Waals surface area contributed by atoms with Gasteiger partial charge in [0.15, 0.2) is 6.73 Å². The number of aromatic nitrogens is 2. The van der Waals surface area contributed by atoms with Crippen molar-refractivity contribution in [2.45, 2.75) is 19.3 Å². The standard InChI is InChI=1S/C23H22N2O4/c1-27-17-9-7-16(8-10-17)22-24-21-6-4-3-5-20(21)23(26)25(22)15-29-19-13-11-18(28-2)12-14-19/h3-11,13-14,18H,12,15H2,1-2H3. The minimum Gasteiger partial charge on any atom is -0.497 e. The summed E-state index contributed by atoms with van der Waals surface area (Å²) in [4.78, 5) is 17.9. The van der Waals surface area contributed by atoms with Crippen molar-refractivity contribution in [1.29, 1.82) is 0 Å². The molecule has 29 heavy (non-hydrogen) atoms. The lowest BCUT2D eigenvalue weighted by Gasteiger charge is -2.18. The Labute approximate surface area is 168 Å². The molecule has 0 spiro atoms. The average Bonchev–Trinajstić information content (AvgIpc) is 2.79. The van der Waals surface area contributed by atoms with Gasteiger partial charge in [0.2, 0.25) is 0 Å². The van der Waals surface area contributed by atoms with Gasteiger partial charge in [-0.2, -0.15) is 0 Å². The maximum Gasteiger partial charge on any atom is 0.264 e. The monoisotopic (exact) mass is 390 g/mol. The van der Waals surface area contributed by atoms with E-state index in [1.165, 1.54) is 0 Å². The molecule has 1 aliphatic carbocycles. The SMILES string of the molecule is COc1ccc(-c2nc3ccccc3c(=O)n2COC2=CCC(OC)C=C2)cc1. The minimum absolute atomic E-state index is 0.0577. The van der Waals surface area contributed by atoms with E-state index in [1.807, 2.05) is 60.7 Å². The molecule has 1 unspecified atom stereocenters. The molecule has 148 valence electrons. The number of hydrogen-bond donors (Lipinski definition) is 0. The van der Waals surface area contributed by atoms with Gasteiger partial charge in [0, 0.05) is 12.7 Å². The molecule has 1 aromatic heterocycles. The summed E-state index contributed by atoms with van der Waals surface area (Å²) < 4.78 is 18.0. The van der Waals surface area contributed by atoms with Crippen LogP contribution in [0.15, 0.2) is 77.3 Å². The highest BCUT2D eigenvalue weighted by Crippen LogP contribution is 2.23. The molecule has 2 aromatic carbocycles. The molecule has 1 heterocycles. The van der Waals surface area contributed by atoms with Gasteiger partial charge in [-0.15, -0.1) is 0 Å². The zero-order valence-electron chi connectivity index (χ0n) is 16.4. The van der Waals surface area contributed by atoms with Gasteiger partial charge < -0.3 is 14.2 Å². The molecule has 1 atom stereocenters. The topological polar surface area (TPSA) is 62.6 Å². The summed E-state index contributed by atoms with van der Waals surface area (Å²) in [5.74, 6) is 2.00. The van der Waals surface area contributed by atoms with Gasteiger partial charge in [-0.1, -0.05) is 18.2 Å². The first-order valence-corrected chi connectivity index (χ1v) is 9.37. The van der Waals surface area contributed by atoms with Crippen LogP contribution in [0.5, 0.6) is 5.75 Å². The fraction of sp³-hybridized carbons (Fsp3) is 0.217. The van der Waals surface area contributed by atoms with E-state index in [1.54, 1.807) is 24.9 Å². The van der Waals surface area contributed by atoms with E-state index in [-0.39, 0.29) is 18.4 Å². The molecule has 0 N–H and O–H groups in total.